The third kappa shape index (κ3) is 6.42. The van der Waals surface area contributed by atoms with Crippen LogP contribution in [0.15, 0.2) is 24.3 Å². The number of ether oxygens (including phenoxy) is 1. The zero-order valence-corrected chi connectivity index (χ0v) is 20.2. The summed E-state index contributed by atoms with van der Waals surface area (Å²) in [5.74, 6) is -4.53. The van der Waals surface area contributed by atoms with E-state index in [-0.39, 0.29) is 42.2 Å². The number of nitrogens with zero attached hydrogens (tertiary/aromatic N) is 3. The SMILES string of the molecule is CCOC(=O)c1cc(C#N)c(N2CC(SCNS(=O)(=O)Cc3c(F)cccc3F)C2)nc1C(F)(F)F. The van der Waals surface area contributed by atoms with Gasteiger partial charge in [-0.3, -0.25) is 0 Å². The summed E-state index contributed by atoms with van der Waals surface area (Å²) < 4.78 is 99.2. The van der Waals surface area contributed by atoms with Crippen molar-refractivity contribution in [1.82, 2.24) is 9.71 Å². The number of carbonyl (C=O) groups excluding carboxylic acids is 1. The van der Waals surface area contributed by atoms with E-state index in [1.54, 1.807) is 6.07 Å². The molecule has 0 bridgehead atoms. The average Bonchev–Trinajstić information content (AvgIpc) is 2.76. The molecule has 0 aliphatic carbocycles. The summed E-state index contributed by atoms with van der Waals surface area (Å²) in [5, 5.41) is 9.16. The molecule has 0 unspecified atom stereocenters. The molecule has 0 radical (unpaired) electrons. The predicted octanol–water partition coefficient (Wildman–Crippen LogP) is 3.43. The van der Waals surface area contributed by atoms with Crippen LogP contribution in [0.1, 0.15) is 34.1 Å². The molecular formula is C21H19F5N4O4S2. The van der Waals surface area contributed by atoms with E-state index in [4.69, 9.17) is 0 Å². The van der Waals surface area contributed by atoms with Gasteiger partial charge in [0.1, 0.15) is 23.5 Å². The Bertz CT molecular complexity index is 1270. The van der Waals surface area contributed by atoms with Crippen LogP contribution in [0.4, 0.5) is 27.8 Å². The van der Waals surface area contributed by atoms with Crippen LogP contribution < -0.4 is 9.62 Å². The maximum absolute atomic E-state index is 13.7. The minimum absolute atomic E-state index is 0.145. The van der Waals surface area contributed by atoms with Crippen LogP contribution >= 0.6 is 11.8 Å². The molecule has 1 aliphatic rings. The van der Waals surface area contributed by atoms with Gasteiger partial charge in [-0.05, 0) is 25.1 Å². The number of rotatable bonds is 9. The molecule has 1 aliphatic heterocycles. The van der Waals surface area contributed by atoms with Gasteiger partial charge in [0, 0.05) is 23.9 Å². The molecule has 0 atom stereocenters. The number of hydrogen-bond donors (Lipinski definition) is 1. The summed E-state index contributed by atoms with van der Waals surface area (Å²) in [7, 11) is -4.06. The largest absolute Gasteiger partial charge is 0.462 e. The number of benzene rings is 1. The number of pyridine rings is 1. The molecule has 0 amide bonds. The van der Waals surface area contributed by atoms with Gasteiger partial charge in [0.25, 0.3) is 0 Å². The Morgan fingerprint density at radius 3 is 2.50 bits per heavy atom. The lowest BCUT2D eigenvalue weighted by molar-refractivity contribution is -0.141. The summed E-state index contributed by atoms with van der Waals surface area (Å²) in [5.41, 5.74) is -3.18. The molecule has 194 valence electrons. The van der Waals surface area contributed by atoms with E-state index in [9.17, 15) is 40.4 Å². The maximum Gasteiger partial charge on any atom is 0.434 e. The first-order valence-electron chi connectivity index (χ1n) is 10.3. The maximum atomic E-state index is 13.7. The topological polar surface area (TPSA) is 112 Å². The molecule has 0 spiro atoms. The Morgan fingerprint density at radius 1 is 1.31 bits per heavy atom. The number of thioether (sulfide) groups is 1. The fraction of sp³-hybridized carbons (Fsp3) is 0.381. The van der Waals surface area contributed by atoms with E-state index < -0.39 is 56.4 Å². The molecule has 1 N–H and O–H groups in total. The number of alkyl halides is 3. The molecule has 36 heavy (non-hydrogen) atoms. The number of esters is 1. The first kappa shape index (κ1) is 27.6. The molecular weight excluding hydrogens is 531 g/mol. The minimum atomic E-state index is -4.97. The van der Waals surface area contributed by atoms with Crippen molar-refractivity contribution >= 4 is 33.6 Å². The number of aromatic nitrogens is 1. The van der Waals surface area contributed by atoms with Crippen LogP contribution in [0.25, 0.3) is 0 Å². The monoisotopic (exact) mass is 550 g/mol. The zero-order valence-electron chi connectivity index (χ0n) is 18.6. The number of hydrogen-bond acceptors (Lipinski definition) is 8. The van der Waals surface area contributed by atoms with Gasteiger partial charge in [0.05, 0.1) is 29.4 Å². The van der Waals surface area contributed by atoms with Gasteiger partial charge in [0.15, 0.2) is 5.69 Å². The van der Waals surface area contributed by atoms with Crippen LogP contribution in [0.2, 0.25) is 0 Å². The van der Waals surface area contributed by atoms with E-state index >= 15 is 0 Å². The molecule has 3 rings (SSSR count). The standard InChI is InChI=1S/C21H19F5N4O4S2/c1-2-34-20(31)14-6-12(7-27)19(29-18(14)21(24,25)26)30-8-13(9-30)35-11-28-36(32,33)10-15-16(22)4-3-5-17(15)23/h3-6,13,28H,2,8-11H2,1H3. The van der Waals surface area contributed by atoms with Gasteiger partial charge in [-0.2, -0.15) is 18.4 Å². The third-order valence-electron chi connectivity index (χ3n) is 5.03. The smallest absolute Gasteiger partial charge is 0.434 e. The lowest BCUT2D eigenvalue weighted by atomic mass is 10.1. The second-order valence-electron chi connectivity index (χ2n) is 7.53. The molecule has 2 heterocycles. The fourth-order valence-electron chi connectivity index (χ4n) is 3.28. The Hall–Kier alpha value is -2.96. The highest BCUT2D eigenvalue weighted by Gasteiger charge is 2.40. The zero-order chi connectivity index (χ0) is 26.7. The van der Waals surface area contributed by atoms with Gasteiger partial charge in [0.2, 0.25) is 10.0 Å². The molecule has 1 saturated heterocycles. The number of anilines is 1. The van der Waals surface area contributed by atoms with E-state index in [2.05, 4.69) is 14.4 Å². The summed E-state index contributed by atoms with van der Waals surface area (Å²) in [6, 6.07) is 5.52. The Morgan fingerprint density at radius 2 is 1.94 bits per heavy atom. The molecule has 2 aromatic rings. The summed E-state index contributed by atoms with van der Waals surface area (Å²) >= 11 is 1.12. The lowest BCUT2D eigenvalue weighted by Crippen LogP contribution is -2.50. The molecule has 1 aromatic carbocycles. The second kappa shape index (κ2) is 11.0. The first-order chi connectivity index (χ1) is 16.9. The highest BCUT2D eigenvalue weighted by molar-refractivity contribution is 8.00. The van der Waals surface area contributed by atoms with Crippen molar-refractivity contribution in [2.24, 2.45) is 0 Å². The predicted molar refractivity (Wildman–Crippen MR) is 120 cm³/mol. The summed E-state index contributed by atoms with van der Waals surface area (Å²) in [6.07, 6.45) is -4.97. The van der Waals surface area contributed by atoms with E-state index in [1.807, 2.05) is 0 Å². The third-order valence-corrected chi connectivity index (χ3v) is 7.54. The summed E-state index contributed by atoms with van der Waals surface area (Å²) in [4.78, 5) is 16.9. The molecule has 0 saturated carbocycles. The van der Waals surface area contributed by atoms with Crippen molar-refractivity contribution < 1.29 is 39.9 Å². The van der Waals surface area contributed by atoms with Crippen molar-refractivity contribution in [2.45, 2.75) is 24.1 Å². The Kier molecular flexibility index (Phi) is 8.42. The van der Waals surface area contributed by atoms with Crippen LogP contribution in [-0.4, -0.2) is 50.2 Å². The van der Waals surface area contributed by atoms with Gasteiger partial charge in [-0.15, -0.1) is 11.8 Å². The van der Waals surface area contributed by atoms with E-state index in [0.29, 0.717) is 0 Å². The van der Waals surface area contributed by atoms with E-state index in [0.717, 1.165) is 36.0 Å². The molecule has 1 fully saturated rings. The van der Waals surface area contributed by atoms with Gasteiger partial charge >= 0.3 is 12.1 Å². The molecule has 1 aromatic heterocycles. The van der Waals surface area contributed by atoms with Crippen LogP contribution in [0.3, 0.4) is 0 Å². The van der Waals surface area contributed by atoms with Crippen LogP contribution in [0, 0.1) is 23.0 Å². The number of sulfonamides is 1. The quantitative estimate of drug-likeness (QED) is 0.287. The van der Waals surface area contributed by atoms with Crippen molar-refractivity contribution in [1.29, 1.82) is 5.26 Å². The Balaban J connectivity index is 1.64. The number of nitriles is 1. The van der Waals surface area contributed by atoms with Gasteiger partial charge < -0.3 is 9.64 Å². The van der Waals surface area contributed by atoms with Gasteiger partial charge in [-0.1, -0.05) is 6.07 Å². The number of nitrogens with one attached hydrogen (secondary N) is 1. The van der Waals surface area contributed by atoms with E-state index in [1.165, 1.54) is 11.8 Å². The van der Waals surface area contributed by atoms with Crippen molar-refractivity contribution in [3.63, 3.8) is 0 Å². The normalized spacial score (nSPS) is 14.3. The van der Waals surface area contributed by atoms with Crippen LogP contribution in [0.5, 0.6) is 0 Å². The minimum Gasteiger partial charge on any atom is -0.462 e. The average molecular weight is 551 g/mol. The highest BCUT2D eigenvalue weighted by Crippen LogP contribution is 2.36. The Labute approximate surface area is 207 Å². The van der Waals surface area contributed by atoms with Crippen molar-refractivity contribution in [3.05, 3.63) is 58.3 Å². The van der Waals surface area contributed by atoms with Crippen molar-refractivity contribution in [3.8, 4) is 6.07 Å². The highest BCUT2D eigenvalue weighted by atomic mass is 32.2. The van der Waals surface area contributed by atoms with Gasteiger partial charge in [-0.25, -0.2) is 31.7 Å². The number of halogens is 5. The summed E-state index contributed by atoms with van der Waals surface area (Å²) in [6.45, 7) is 1.55. The fourth-order valence-corrected chi connectivity index (χ4v) is 5.83. The van der Waals surface area contributed by atoms with Crippen molar-refractivity contribution in [2.75, 3.05) is 30.5 Å². The second-order valence-corrected chi connectivity index (χ2v) is 10.6. The van der Waals surface area contributed by atoms with Crippen LogP contribution in [-0.2, 0) is 26.7 Å². The number of carbonyl (C=O) groups is 1. The molecule has 15 heteroatoms. The lowest BCUT2D eigenvalue weighted by Gasteiger charge is -2.40. The molecule has 8 nitrogen and oxygen atoms in total. The first-order valence-corrected chi connectivity index (χ1v) is 13.0.